The fourth-order valence-electron chi connectivity index (χ4n) is 2.02. The van der Waals surface area contributed by atoms with Crippen LogP contribution in [0.5, 0.6) is 0 Å². The van der Waals surface area contributed by atoms with Crippen LogP contribution in [0, 0.1) is 0 Å². The molecule has 1 aromatic carbocycles. The number of benzene rings is 1. The molecule has 0 atom stereocenters. The van der Waals surface area contributed by atoms with Gasteiger partial charge < -0.3 is 5.32 Å². The minimum Gasteiger partial charge on any atom is -0.300 e. The largest absolute Gasteiger partial charge is 0.416 e. The molecule has 0 radical (unpaired) electrons. The summed E-state index contributed by atoms with van der Waals surface area (Å²) in [5.74, 6) is -0.331. The number of rotatable bonds is 5. The summed E-state index contributed by atoms with van der Waals surface area (Å²) >= 11 is 1.25. The maximum Gasteiger partial charge on any atom is 0.416 e. The maximum absolute atomic E-state index is 12.5. The Morgan fingerprint density at radius 1 is 1.24 bits per heavy atom. The number of thiazole rings is 1. The van der Waals surface area contributed by atoms with E-state index in [4.69, 9.17) is 0 Å². The predicted molar refractivity (Wildman–Crippen MR) is 82.8 cm³/mol. The summed E-state index contributed by atoms with van der Waals surface area (Å²) in [7, 11) is 0. The van der Waals surface area contributed by atoms with E-state index in [0.29, 0.717) is 11.6 Å². The lowest BCUT2D eigenvalue weighted by Gasteiger charge is -2.06. The third kappa shape index (κ3) is 4.59. The summed E-state index contributed by atoms with van der Waals surface area (Å²) in [6.07, 6.45) is -1.02. The second kappa shape index (κ2) is 6.97. The van der Waals surface area contributed by atoms with Crippen LogP contribution in [0.15, 0.2) is 36.8 Å². The maximum atomic E-state index is 12.5. The van der Waals surface area contributed by atoms with Crippen LogP contribution in [0.1, 0.15) is 16.0 Å². The third-order valence-electron chi connectivity index (χ3n) is 3.16. The van der Waals surface area contributed by atoms with Crippen molar-refractivity contribution in [3.63, 3.8) is 0 Å². The van der Waals surface area contributed by atoms with Gasteiger partial charge in [-0.2, -0.15) is 13.2 Å². The lowest BCUT2D eigenvalue weighted by atomic mass is 10.1. The van der Waals surface area contributed by atoms with E-state index in [0.717, 1.165) is 22.6 Å². The SMILES string of the molecule is O=C(Cn1cnnn1)Nc1ncc(Cc2ccc(C(F)(F)F)cc2)s1. The zero-order chi connectivity index (χ0) is 17.9. The molecule has 0 aliphatic carbocycles. The van der Waals surface area contributed by atoms with Crippen molar-refractivity contribution in [2.75, 3.05) is 5.32 Å². The van der Waals surface area contributed by atoms with Crippen molar-refractivity contribution in [3.8, 4) is 0 Å². The monoisotopic (exact) mass is 368 g/mol. The van der Waals surface area contributed by atoms with Crippen molar-refractivity contribution in [1.29, 1.82) is 0 Å². The molecule has 0 saturated carbocycles. The summed E-state index contributed by atoms with van der Waals surface area (Å²) in [5.41, 5.74) is 0.0410. The van der Waals surface area contributed by atoms with E-state index < -0.39 is 11.7 Å². The number of aromatic nitrogens is 5. The molecule has 2 heterocycles. The smallest absolute Gasteiger partial charge is 0.300 e. The predicted octanol–water partition coefficient (Wildman–Crippen LogP) is 2.38. The van der Waals surface area contributed by atoms with Gasteiger partial charge in [0.15, 0.2) is 5.13 Å². The van der Waals surface area contributed by atoms with Crippen LogP contribution < -0.4 is 5.32 Å². The number of carbonyl (C=O) groups is 1. The molecule has 7 nitrogen and oxygen atoms in total. The molecular formula is C14H11F3N6OS. The molecule has 0 fully saturated rings. The van der Waals surface area contributed by atoms with Gasteiger partial charge in [0, 0.05) is 17.5 Å². The van der Waals surface area contributed by atoms with Crippen LogP contribution in [-0.4, -0.2) is 31.1 Å². The first-order valence-electron chi connectivity index (χ1n) is 7.01. The highest BCUT2D eigenvalue weighted by atomic mass is 32.1. The van der Waals surface area contributed by atoms with Crippen molar-refractivity contribution in [2.45, 2.75) is 19.1 Å². The van der Waals surface area contributed by atoms with E-state index in [1.807, 2.05) is 0 Å². The van der Waals surface area contributed by atoms with Gasteiger partial charge in [-0.05, 0) is 28.1 Å². The number of amides is 1. The molecule has 11 heteroatoms. The van der Waals surface area contributed by atoms with Gasteiger partial charge in [0.1, 0.15) is 12.9 Å². The Kier molecular flexibility index (Phi) is 4.74. The Bertz CT molecular complexity index is 844. The van der Waals surface area contributed by atoms with Gasteiger partial charge >= 0.3 is 6.18 Å². The lowest BCUT2D eigenvalue weighted by molar-refractivity contribution is -0.137. The second-order valence-electron chi connectivity index (χ2n) is 5.06. The van der Waals surface area contributed by atoms with Crippen LogP contribution in [-0.2, 0) is 23.9 Å². The van der Waals surface area contributed by atoms with Crippen LogP contribution in [0.3, 0.4) is 0 Å². The highest BCUT2D eigenvalue weighted by Crippen LogP contribution is 2.29. The molecule has 3 aromatic rings. The number of hydrogen-bond acceptors (Lipinski definition) is 6. The molecule has 3 rings (SSSR count). The molecule has 2 aromatic heterocycles. The minimum absolute atomic E-state index is 0.0409. The Labute approximate surface area is 143 Å². The molecule has 0 unspecified atom stereocenters. The number of anilines is 1. The Morgan fingerprint density at radius 2 is 2.00 bits per heavy atom. The molecule has 0 spiro atoms. The topological polar surface area (TPSA) is 85.6 Å². The molecule has 1 N–H and O–H groups in total. The molecule has 0 aliphatic heterocycles. The normalized spacial score (nSPS) is 11.5. The van der Waals surface area contributed by atoms with Crippen LogP contribution in [0.2, 0.25) is 0 Å². The molecule has 25 heavy (non-hydrogen) atoms. The number of alkyl halides is 3. The van der Waals surface area contributed by atoms with E-state index in [9.17, 15) is 18.0 Å². The van der Waals surface area contributed by atoms with E-state index in [1.54, 1.807) is 6.20 Å². The highest BCUT2D eigenvalue weighted by molar-refractivity contribution is 7.15. The molecule has 0 saturated heterocycles. The quantitative estimate of drug-likeness (QED) is 0.747. The summed E-state index contributed by atoms with van der Waals surface area (Å²) < 4.78 is 38.9. The van der Waals surface area contributed by atoms with Crippen molar-refractivity contribution in [1.82, 2.24) is 25.2 Å². The summed E-state index contributed by atoms with van der Waals surface area (Å²) in [4.78, 5) is 16.7. The van der Waals surface area contributed by atoms with Gasteiger partial charge in [-0.25, -0.2) is 9.67 Å². The van der Waals surface area contributed by atoms with Crippen molar-refractivity contribution in [3.05, 3.63) is 52.8 Å². The van der Waals surface area contributed by atoms with E-state index in [1.165, 1.54) is 34.5 Å². The van der Waals surface area contributed by atoms with Gasteiger partial charge in [0.2, 0.25) is 5.91 Å². The van der Waals surface area contributed by atoms with Gasteiger partial charge in [-0.15, -0.1) is 16.4 Å². The lowest BCUT2D eigenvalue weighted by Crippen LogP contribution is -2.18. The summed E-state index contributed by atoms with van der Waals surface area (Å²) in [5, 5.41) is 13.4. The Hall–Kier alpha value is -2.82. The number of hydrogen-bond donors (Lipinski definition) is 1. The first kappa shape index (κ1) is 17.0. The molecule has 0 aliphatic rings. The summed E-state index contributed by atoms with van der Waals surface area (Å²) in [6, 6.07) is 4.95. The number of halogens is 3. The second-order valence-corrected chi connectivity index (χ2v) is 6.17. The Morgan fingerprint density at radius 3 is 2.64 bits per heavy atom. The Balaban J connectivity index is 1.59. The number of tetrazole rings is 1. The van der Waals surface area contributed by atoms with Gasteiger partial charge in [-0.1, -0.05) is 12.1 Å². The first-order valence-corrected chi connectivity index (χ1v) is 7.83. The number of carbonyl (C=O) groups excluding carboxylic acids is 1. The standard InChI is InChI=1S/C14H11F3N6OS/c15-14(16,17)10-3-1-9(2-4-10)5-11-6-18-13(25-11)20-12(24)7-23-8-19-21-22-23/h1-4,6,8H,5,7H2,(H,18,20,24). The van der Waals surface area contributed by atoms with E-state index in [2.05, 4.69) is 25.8 Å². The average molecular weight is 368 g/mol. The van der Waals surface area contributed by atoms with Crippen molar-refractivity contribution >= 4 is 22.4 Å². The van der Waals surface area contributed by atoms with Crippen molar-refractivity contribution in [2.24, 2.45) is 0 Å². The highest BCUT2D eigenvalue weighted by Gasteiger charge is 2.29. The van der Waals surface area contributed by atoms with Gasteiger partial charge in [-0.3, -0.25) is 4.79 Å². The first-order chi connectivity index (χ1) is 11.9. The van der Waals surface area contributed by atoms with Gasteiger partial charge in [0.05, 0.1) is 5.56 Å². The van der Waals surface area contributed by atoms with Crippen LogP contribution in [0.25, 0.3) is 0 Å². The van der Waals surface area contributed by atoms with Gasteiger partial charge in [0.25, 0.3) is 0 Å². The fourth-order valence-corrected chi connectivity index (χ4v) is 2.88. The van der Waals surface area contributed by atoms with E-state index in [-0.39, 0.29) is 12.5 Å². The number of nitrogens with zero attached hydrogens (tertiary/aromatic N) is 5. The fraction of sp³-hybridized carbons (Fsp3) is 0.214. The minimum atomic E-state index is -4.35. The summed E-state index contributed by atoms with van der Waals surface area (Å²) in [6.45, 7) is -0.0409. The zero-order valence-corrected chi connectivity index (χ0v) is 13.4. The molecule has 1 amide bonds. The van der Waals surface area contributed by atoms with Crippen molar-refractivity contribution < 1.29 is 18.0 Å². The average Bonchev–Trinajstić information content (AvgIpc) is 3.19. The number of nitrogens with one attached hydrogen (secondary N) is 1. The molecule has 130 valence electrons. The van der Waals surface area contributed by atoms with E-state index >= 15 is 0 Å². The van der Waals surface area contributed by atoms with Crippen LogP contribution >= 0.6 is 11.3 Å². The third-order valence-corrected chi connectivity index (χ3v) is 4.07. The zero-order valence-electron chi connectivity index (χ0n) is 12.6. The molecular weight excluding hydrogens is 357 g/mol. The molecule has 0 bridgehead atoms. The van der Waals surface area contributed by atoms with Crippen LogP contribution in [0.4, 0.5) is 18.3 Å².